The Bertz CT molecular complexity index is 479. The van der Waals surface area contributed by atoms with Crippen LogP contribution in [0, 0.1) is 0 Å². The fourth-order valence-electron chi connectivity index (χ4n) is 2.51. The van der Waals surface area contributed by atoms with Crippen LogP contribution in [0.2, 0.25) is 5.15 Å². The maximum atomic E-state index is 12.0. The van der Waals surface area contributed by atoms with Crippen molar-refractivity contribution in [3.63, 3.8) is 0 Å². The first kappa shape index (κ1) is 14.5. The fraction of sp³-hybridized carbons (Fsp3) is 0.714. The zero-order valence-electron chi connectivity index (χ0n) is 11.6. The van der Waals surface area contributed by atoms with Gasteiger partial charge in [0.05, 0.1) is 6.10 Å². The number of hydrogen-bond donors (Lipinski definition) is 0. The number of aromatic nitrogens is 2. The standard InChI is InChI=1S/C14H21ClN2O2/c1-10(2)14-16-12(15)9-13(18)17(14)7-3-5-11-6-4-8-19-11/h9-11H,3-8H2,1-2H3. The first-order valence-corrected chi connectivity index (χ1v) is 7.34. The molecule has 4 nitrogen and oxygen atoms in total. The summed E-state index contributed by atoms with van der Waals surface area (Å²) in [5.74, 6) is 0.957. The van der Waals surface area contributed by atoms with Gasteiger partial charge in [-0.05, 0) is 25.7 Å². The number of rotatable bonds is 5. The molecule has 0 radical (unpaired) electrons. The minimum atomic E-state index is -0.0592. The van der Waals surface area contributed by atoms with E-state index >= 15 is 0 Å². The average molecular weight is 285 g/mol. The van der Waals surface area contributed by atoms with Crippen LogP contribution in [-0.2, 0) is 11.3 Å². The molecule has 5 heteroatoms. The van der Waals surface area contributed by atoms with Crippen molar-refractivity contribution >= 4 is 11.6 Å². The van der Waals surface area contributed by atoms with Crippen LogP contribution in [0.1, 0.15) is 51.3 Å². The summed E-state index contributed by atoms with van der Waals surface area (Å²) >= 11 is 5.86. The second kappa shape index (κ2) is 6.53. The van der Waals surface area contributed by atoms with Gasteiger partial charge in [-0.25, -0.2) is 4.98 Å². The molecule has 2 rings (SSSR count). The highest BCUT2D eigenvalue weighted by atomic mass is 35.5. The number of ether oxygens (including phenoxy) is 1. The van der Waals surface area contributed by atoms with Crippen molar-refractivity contribution in [2.24, 2.45) is 0 Å². The van der Waals surface area contributed by atoms with Crippen molar-refractivity contribution in [1.29, 1.82) is 0 Å². The van der Waals surface area contributed by atoms with Crippen LogP contribution in [0.5, 0.6) is 0 Å². The lowest BCUT2D eigenvalue weighted by Gasteiger charge is -2.15. The van der Waals surface area contributed by atoms with Gasteiger partial charge in [0.15, 0.2) is 0 Å². The molecule has 0 saturated carbocycles. The molecule has 0 bridgehead atoms. The second-order valence-corrected chi connectivity index (χ2v) is 5.75. The summed E-state index contributed by atoms with van der Waals surface area (Å²) in [5.41, 5.74) is -0.0592. The quantitative estimate of drug-likeness (QED) is 0.781. The van der Waals surface area contributed by atoms with E-state index in [1.807, 2.05) is 13.8 Å². The predicted molar refractivity (Wildman–Crippen MR) is 75.8 cm³/mol. The summed E-state index contributed by atoms with van der Waals surface area (Å²) in [7, 11) is 0. The molecule has 106 valence electrons. The van der Waals surface area contributed by atoms with Crippen LogP contribution in [0.4, 0.5) is 0 Å². The van der Waals surface area contributed by atoms with E-state index in [0.717, 1.165) is 38.1 Å². The molecule has 2 heterocycles. The smallest absolute Gasteiger partial charge is 0.254 e. The molecule has 1 aliphatic rings. The summed E-state index contributed by atoms with van der Waals surface area (Å²) in [6.07, 6.45) is 4.62. The van der Waals surface area contributed by atoms with E-state index in [1.54, 1.807) is 4.57 Å². The van der Waals surface area contributed by atoms with Crippen molar-refractivity contribution in [3.8, 4) is 0 Å². The molecule has 1 fully saturated rings. The summed E-state index contributed by atoms with van der Waals surface area (Å²) in [6.45, 7) is 5.62. The Morgan fingerprint density at radius 2 is 2.37 bits per heavy atom. The molecule has 0 amide bonds. The van der Waals surface area contributed by atoms with Gasteiger partial charge in [-0.1, -0.05) is 25.4 Å². The van der Waals surface area contributed by atoms with Gasteiger partial charge in [0.2, 0.25) is 0 Å². The van der Waals surface area contributed by atoms with E-state index in [4.69, 9.17) is 16.3 Å². The van der Waals surface area contributed by atoms with Crippen LogP contribution < -0.4 is 5.56 Å². The largest absolute Gasteiger partial charge is 0.378 e. The monoisotopic (exact) mass is 284 g/mol. The zero-order chi connectivity index (χ0) is 13.8. The molecule has 0 aromatic carbocycles. The van der Waals surface area contributed by atoms with Crippen LogP contribution in [0.25, 0.3) is 0 Å². The van der Waals surface area contributed by atoms with Crippen molar-refractivity contribution in [2.75, 3.05) is 6.61 Å². The van der Waals surface area contributed by atoms with Gasteiger partial charge in [-0.15, -0.1) is 0 Å². The van der Waals surface area contributed by atoms with Crippen LogP contribution >= 0.6 is 11.6 Å². The molecule has 0 spiro atoms. The average Bonchev–Trinajstić information content (AvgIpc) is 2.84. The molecule has 1 aromatic heterocycles. The Balaban J connectivity index is 2.04. The topological polar surface area (TPSA) is 44.1 Å². The lowest BCUT2D eigenvalue weighted by Crippen LogP contribution is -2.25. The Morgan fingerprint density at radius 1 is 1.58 bits per heavy atom. The Kier molecular flexibility index (Phi) is 4.99. The lowest BCUT2D eigenvalue weighted by molar-refractivity contribution is 0.101. The van der Waals surface area contributed by atoms with Gasteiger partial charge < -0.3 is 4.74 Å². The third-order valence-electron chi connectivity index (χ3n) is 3.45. The maximum absolute atomic E-state index is 12.0. The molecule has 0 N–H and O–H groups in total. The Morgan fingerprint density at radius 3 is 3.00 bits per heavy atom. The molecule has 19 heavy (non-hydrogen) atoms. The molecular formula is C14H21ClN2O2. The van der Waals surface area contributed by atoms with Crippen molar-refractivity contribution in [1.82, 2.24) is 9.55 Å². The highest BCUT2D eigenvalue weighted by Crippen LogP contribution is 2.18. The molecule has 1 aliphatic heterocycles. The number of halogens is 1. The number of hydrogen-bond acceptors (Lipinski definition) is 3. The van der Waals surface area contributed by atoms with Gasteiger partial charge in [-0.3, -0.25) is 9.36 Å². The predicted octanol–water partition coefficient (Wildman–Crippen LogP) is 2.98. The van der Waals surface area contributed by atoms with Gasteiger partial charge in [0, 0.05) is 25.1 Å². The van der Waals surface area contributed by atoms with Gasteiger partial charge in [0.25, 0.3) is 5.56 Å². The van der Waals surface area contributed by atoms with Crippen LogP contribution in [0.15, 0.2) is 10.9 Å². The summed E-state index contributed by atoms with van der Waals surface area (Å²) in [6, 6.07) is 1.39. The minimum absolute atomic E-state index is 0.0592. The third-order valence-corrected chi connectivity index (χ3v) is 3.65. The second-order valence-electron chi connectivity index (χ2n) is 5.36. The van der Waals surface area contributed by atoms with Crippen molar-refractivity contribution < 1.29 is 4.74 Å². The van der Waals surface area contributed by atoms with Crippen LogP contribution in [0.3, 0.4) is 0 Å². The zero-order valence-corrected chi connectivity index (χ0v) is 12.3. The Labute approximate surface area is 118 Å². The minimum Gasteiger partial charge on any atom is -0.378 e. The normalized spacial score (nSPS) is 19.3. The highest BCUT2D eigenvalue weighted by Gasteiger charge is 2.16. The van der Waals surface area contributed by atoms with Crippen LogP contribution in [-0.4, -0.2) is 22.3 Å². The van der Waals surface area contributed by atoms with E-state index in [-0.39, 0.29) is 16.6 Å². The first-order valence-electron chi connectivity index (χ1n) is 6.97. The van der Waals surface area contributed by atoms with Gasteiger partial charge in [-0.2, -0.15) is 0 Å². The molecule has 0 aliphatic carbocycles. The van der Waals surface area contributed by atoms with Crippen molar-refractivity contribution in [2.45, 2.75) is 58.1 Å². The first-order chi connectivity index (χ1) is 9.08. The molecule has 1 aromatic rings. The maximum Gasteiger partial charge on any atom is 0.254 e. The van der Waals surface area contributed by atoms with Crippen molar-refractivity contribution in [3.05, 3.63) is 27.4 Å². The number of nitrogens with zero attached hydrogens (tertiary/aromatic N) is 2. The molecule has 1 saturated heterocycles. The fourth-order valence-corrected chi connectivity index (χ4v) is 2.69. The third kappa shape index (κ3) is 3.80. The SMILES string of the molecule is CC(C)c1nc(Cl)cc(=O)n1CCCC1CCCO1. The Hall–Kier alpha value is -0.870. The summed E-state index contributed by atoms with van der Waals surface area (Å²) < 4.78 is 7.34. The molecular weight excluding hydrogens is 264 g/mol. The van der Waals surface area contributed by atoms with E-state index in [9.17, 15) is 4.79 Å². The lowest BCUT2D eigenvalue weighted by atomic mass is 10.1. The summed E-state index contributed by atoms with van der Waals surface area (Å²) in [4.78, 5) is 16.3. The molecule has 1 unspecified atom stereocenters. The summed E-state index contributed by atoms with van der Waals surface area (Å²) in [5, 5.41) is 0.282. The van der Waals surface area contributed by atoms with E-state index in [2.05, 4.69) is 4.98 Å². The molecule has 1 atom stereocenters. The van der Waals surface area contributed by atoms with E-state index < -0.39 is 0 Å². The van der Waals surface area contributed by atoms with Gasteiger partial charge >= 0.3 is 0 Å². The van der Waals surface area contributed by atoms with Gasteiger partial charge in [0.1, 0.15) is 11.0 Å². The highest BCUT2D eigenvalue weighted by molar-refractivity contribution is 6.29. The van der Waals surface area contributed by atoms with E-state index in [1.165, 1.54) is 6.07 Å². The van der Waals surface area contributed by atoms with E-state index in [0.29, 0.717) is 12.6 Å².